The van der Waals surface area contributed by atoms with Gasteiger partial charge in [-0.15, -0.1) is 0 Å². The van der Waals surface area contributed by atoms with Crippen LogP contribution in [0.3, 0.4) is 0 Å². The number of nitrogens with zero attached hydrogens (tertiary/aromatic N) is 2. The third kappa shape index (κ3) is 4.09. The Labute approximate surface area is 293 Å². The summed E-state index contributed by atoms with van der Waals surface area (Å²) in [7, 11) is 0. The fourth-order valence-electron chi connectivity index (χ4n) is 8.54. The summed E-state index contributed by atoms with van der Waals surface area (Å²) in [4.78, 5) is 0. The zero-order chi connectivity index (χ0) is 33.5. The Morgan fingerprint density at radius 2 is 1.08 bits per heavy atom. The van der Waals surface area contributed by atoms with Crippen molar-refractivity contribution in [2.75, 3.05) is 0 Å². The second-order valence-electron chi connectivity index (χ2n) is 13.4. The first-order chi connectivity index (χ1) is 25.3. The minimum Gasteiger partial charge on any atom is -0.468 e. The molecule has 0 radical (unpaired) electrons. The van der Waals surface area contributed by atoms with Gasteiger partial charge in [-0.1, -0.05) is 127 Å². The molecule has 1 atom stereocenters. The molecule has 51 heavy (non-hydrogen) atoms. The van der Waals surface area contributed by atoms with Crippen molar-refractivity contribution in [1.82, 2.24) is 9.14 Å². The highest BCUT2D eigenvalue weighted by Crippen LogP contribution is 2.38. The van der Waals surface area contributed by atoms with Crippen molar-refractivity contribution in [3.63, 3.8) is 0 Å². The molecule has 0 amide bonds. The molecule has 0 spiro atoms. The second-order valence-corrected chi connectivity index (χ2v) is 13.4. The normalized spacial score (nSPS) is 15.2. The summed E-state index contributed by atoms with van der Waals surface area (Å²) >= 11 is 0. The molecular weight excluding hydrogens is 621 g/mol. The molecule has 0 N–H and O–H groups in total. The van der Waals surface area contributed by atoms with Gasteiger partial charge in [0.15, 0.2) is 5.75 Å². The lowest BCUT2D eigenvalue weighted by molar-refractivity contribution is 0.303. The third-order valence-electron chi connectivity index (χ3n) is 10.7. The molecule has 0 saturated heterocycles. The van der Waals surface area contributed by atoms with Gasteiger partial charge < -0.3 is 9.30 Å². The van der Waals surface area contributed by atoms with E-state index in [9.17, 15) is 0 Å². The Bertz CT molecular complexity index is 3230. The number of hydrogen-bond donors (Lipinski definition) is 0. The van der Waals surface area contributed by atoms with Gasteiger partial charge in [0, 0.05) is 40.3 Å². The average Bonchev–Trinajstić information content (AvgIpc) is 3.53. The Morgan fingerprint density at radius 3 is 1.82 bits per heavy atom. The van der Waals surface area contributed by atoms with Gasteiger partial charge in [0.2, 0.25) is 17.5 Å². The first-order valence-corrected chi connectivity index (χ1v) is 17.6. The largest absolute Gasteiger partial charge is 0.468 e. The van der Waals surface area contributed by atoms with Crippen LogP contribution in [0.4, 0.5) is 11.4 Å². The Kier molecular flexibility index (Phi) is 6.02. The predicted octanol–water partition coefficient (Wildman–Crippen LogP) is 10.4. The van der Waals surface area contributed by atoms with Crippen molar-refractivity contribution in [1.29, 1.82) is 0 Å². The molecule has 1 aromatic heterocycles. The Morgan fingerprint density at radius 1 is 0.490 bits per heavy atom. The lowest BCUT2D eigenvalue weighted by atomic mass is 9.99. The van der Waals surface area contributed by atoms with Crippen LogP contribution in [0.15, 0.2) is 182 Å². The maximum absolute atomic E-state index is 6.83. The summed E-state index contributed by atoms with van der Waals surface area (Å²) in [5, 5.41) is 12.1. The van der Waals surface area contributed by atoms with Crippen molar-refractivity contribution in [3.8, 4) is 11.4 Å². The lowest BCUT2D eigenvalue weighted by Gasteiger charge is -2.24. The molecule has 11 rings (SSSR count). The van der Waals surface area contributed by atoms with Crippen LogP contribution in [0.2, 0.25) is 0 Å². The molecule has 2 heterocycles. The van der Waals surface area contributed by atoms with Gasteiger partial charge in [0.1, 0.15) is 0 Å². The van der Waals surface area contributed by atoms with Crippen molar-refractivity contribution in [2.24, 2.45) is 0 Å². The molecule has 2 aliphatic carbocycles. The van der Waals surface area contributed by atoms with E-state index in [1.807, 2.05) is 0 Å². The van der Waals surface area contributed by atoms with Gasteiger partial charge in [-0.05, 0) is 66.9 Å². The minimum atomic E-state index is -0.175. The second kappa shape index (κ2) is 10.9. The van der Waals surface area contributed by atoms with Crippen LogP contribution >= 0.6 is 0 Å². The van der Waals surface area contributed by atoms with Gasteiger partial charge in [0.25, 0.3) is 5.69 Å². The third-order valence-corrected chi connectivity index (χ3v) is 10.7. The molecule has 0 saturated carbocycles. The Hall–Kier alpha value is -6.71. The number of allylic oxidation sites excluding steroid dienone is 2. The summed E-state index contributed by atoms with van der Waals surface area (Å²) in [6, 6.07) is 57.4. The van der Waals surface area contributed by atoms with Crippen molar-refractivity contribution in [3.05, 3.63) is 224 Å². The van der Waals surface area contributed by atoms with Crippen molar-refractivity contribution in [2.45, 2.75) is 6.10 Å². The molecule has 3 heteroatoms. The molecule has 3 nitrogen and oxygen atoms in total. The van der Waals surface area contributed by atoms with E-state index < -0.39 is 0 Å². The Balaban J connectivity index is 1.41. The molecule has 1 aliphatic heterocycles. The van der Waals surface area contributed by atoms with Crippen LogP contribution < -0.4 is 9.31 Å². The van der Waals surface area contributed by atoms with Crippen LogP contribution in [-0.2, 0) is 0 Å². The SMILES string of the molecule is C1=CC2=[N+](c3ccccc3)c3cc4c(cc3OC2C=C1)=c1ccccc1=c1cccc(-n2c3ccccc3c3ccccc32)c1=c1ccccc1=4. The molecular formula is C48H31N2O+. The van der Waals surface area contributed by atoms with Crippen LogP contribution in [0.25, 0.3) is 27.5 Å². The van der Waals surface area contributed by atoms with Gasteiger partial charge >= 0.3 is 0 Å². The number of hydrogen-bond acceptors (Lipinski definition) is 1. The van der Waals surface area contributed by atoms with E-state index in [0.717, 1.165) is 28.1 Å². The summed E-state index contributed by atoms with van der Waals surface area (Å²) < 4.78 is 11.7. The molecule has 0 fully saturated rings. The van der Waals surface area contributed by atoms with E-state index in [0.29, 0.717) is 0 Å². The average molecular weight is 652 g/mol. The van der Waals surface area contributed by atoms with Gasteiger partial charge in [-0.25, -0.2) is 0 Å². The van der Waals surface area contributed by atoms with E-state index in [4.69, 9.17) is 4.74 Å². The van der Waals surface area contributed by atoms with E-state index in [1.165, 1.54) is 64.0 Å². The molecule has 3 aliphatic rings. The number of aromatic nitrogens is 1. The zero-order valence-corrected chi connectivity index (χ0v) is 27.7. The smallest absolute Gasteiger partial charge is 0.254 e. The number of fused-ring (bicyclic) bond motifs is 9. The minimum absolute atomic E-state index is 0.175. The summed E-state index contributed by atoms with van der Waals surface area (Å²) in [5.74, 6) is 0.874. The van der Waals surface area contributed by atoms with Crippen LogP contribution in [0.1, 0.15) is 0 Å². The summed E-state index contributed by atoms with van der Waals surface area (Å²) in [6.07, 6.45) is 8.32. The highest BCUT2D eigenvalue weighted by Gasteiger charge is 2.36. The number of para-hydroxylation sites is 3. The fourth-order valence-corrected chi connectivity index (χ4v) is 8.54. The quantitative estimate of drug-likeness (QED) is 0.170. The van der Waals surface area contributed by atoms with E-state index in [1.54, 1.807) is 0 Å². The standard InChI is InChI=1S/C48H31N2O/c1-2-15-31(16-3-1)49-43-26-12-13-28-46(43)51-47-30-40-33-18-5-4-17-32(33)38-23-14-27-44(48(38)37-22-7-6-19-34(37)39(40)29-45(47)49)50-41-24-10-8-20-35(41)36-21-9-11-25-42(36)50/h1-30,46H/q+1. The van der Waals surface area contributed by atoms with Gasteiger partial charge in [-0.2, -0.15) is 4.58 Å². The van der Waals surface area contributed by atoms with Crippen LogP contribution in [0.5, 0.6) is 5.75 Å². The molecule has 1 unspecified atom stereocenters. The van der Waals surface area contributed by atoms with Crippen LogP contribution in [-0.4, -0.2) is 16.4 Å². The molecule has 238 valence electrons. The monoisotopic (exact) mass is 651 g/mol. The van der Waals surface area contributed by atoms with Crippen molar-refractivity contribution < 1.29 is 4.74 Å². The van der Waals surface area contributed by atoms with Crippen LogP contribution in [0, 0.1) is 41.7 Å². The fraction of sp³-hybridized carbons (Fsp3) is 0.0208. The van der Waals surface area contributed by atoms with Gasteiger partial charge in [-0.3, -0.25) is 0 Å². The first-order valence-electron chi connectivity index (χ1n) is 17.6. The maximum atomic E-state index is 6.83. The van der Waals surface area contributed by atoms with E-state index >= 15 is 0 Å². The van der Waals surface area contributed by atoms with E-state index in [2.05, 4.69) is 191 Å². The van der Waals surface area contributed by atoms with Gasteiger partial charge in [0.05, 0.1) is 16.7 Å². The predicted molar refractivity (Wildman–Crippen MR) is 206 cm³/mol. The number of ether oxygens (including phenoxy) is 1. The maximum Gasteiger partial charge on any atom is 0.254 e. The molecule has 0 bridgehead atoms. The topological polar surface area (TPSA) is 17.2 Å². The summed E-state index contributed by atoms with van der Waals surface area (Å²) in [5.41, 5.74) is 6.82. The number of benzene rings is 7. The zero-order valence-electron chi connectivity index (χ0n) is 27.7. The highest BCUT2D eigenvalue weighted by molar-refractivity contribution is 6.09. The van der Waals surface area contributed by atoms with Crippen molar-refractivity contribution >= 4 is 38.9 Å². The highest BCUT2D eigenvalue weighted by atomic mass is 16.5. The summed E-state index contributed by atoms with van der Waals surface area (Å²) in [6.45, 7) is 0. The number of rotatable bonds is 2. The van der Waals surface area contributed by atoms with E-state index in [-0.39, 0.29) is 6.10 Å². The first kappa shape index (κ1) is 28.2. The molecule has 8 aromatic rings. The molecule has 7 aromatic carbocycles. The lowest BCUT2D eigenvalue weighted by Crippen LogP contribution is -2.36.